The molecule has 21 heavy (non-hydrogen) atoms. The zero-order valence-corrected chi connectivity index (χ0v) is 13.8. The van der Waals surface area contributed by atoms with Crippen molar-refractivity contribution in [3.05, 3.63) is 33.3 Å². The van der Waals surface area contributed by atoms with Crippen molar-refractivity contribution in [1.82, 2.24) is 9.97 Å². The molecule has 2 N–H and O–H groups in total. The molecule has 3 heterocycles. The molecule has 0 atom stereocenters. The number of aryl methyl sites for hydroxylation is 1. The molecule has 6 heteroatoms. The number of fused-ring (bicyclic) bond motifs is 1. The molecular formula is C15H18N4S2. The summed E-state index contributed by atoms with van der Waals surface area (Å²) in [4.78, 5) is 11.5. The minimum atomic E-state index is 0.699. The van der Waals surface area contributed by atoms with E-state index in [1.165, 1.54) is 10.4 Å². The summed E-state index contributed by atoms with van der Waals surface area (Å²) in [7, 11) is 0. The van der Waals surface area contributed by atoms with Crippen molar-refractivity contribution in [2.75, 3.05) is 23.7 Å². The standard InChI is InChI=1S/C15H18N4S2/c1-3-16-15-18-13(12-8-10(2)21-14(12)19-15)17-6-4-11-5-7-20-9-11/h5,7-9H,3-4,6H2,1-2H3,(H2,16,17,18,19). The van der Waals surface area contributed by atoms with Gasteiger partial charge >= 0.3 is 0 Å². The molecule has 0 bridgehead atoms. The van der Waals surface area contributed by atoms with E-state index >= 15 is 0 Å². The van der Waals surface area contributed by atoms with Gasteiger partial charge < -0.3 is 10.6 Å². The molecule has 4 nitrogen and oxygen atoms in total. The van der Waals surface area contributed by atoms with E-state index < -0.39 is 0 Å². The van der Waals surface area contributed by atoms with E-state index in [0.717, 1.165) is 35.5 Å². The smallest absolute Gasteiger partial charge is 0.226 e. The molecule has 3 aromatic rings. The Bertz CT molecular complexity index is 719. The monoisotopic (exact) mass is 318 g/mol. The van der Waals surface area contributed by atoms with Crippen molar-refractivity contribution in [3.8, 4) is 0 Å². The van der Waals surface area contributed by atoms with Crippen LogP contribution in [0.25, 0.3) is 10.2 Å². The fraction of sp³-hybridized carbons (Fsp3) is 0.333. The average molecular weight is 318 g/mol. The lowest BCUT2D eigenvalue weighted by Gasteiger charge is -2.08. The predicted molar refractivity (Wildman–Crippen MR) is 92.8 cm³/mol. The lowest BCUT2D eigenvalue weighted by Crippen LogP contribution is -2.09. The topological polar surface area (TPSA) is 49.8 Å². The summed E-state index contributed by atoms with van der Waals surface area (Å²) in [6.45, 7) is 5.86. The average Bonchev–Trinajstić information content (AvgIpc) is 3.07. The molecule has 0 fully saturated rings. The summed E-state index contributed by atoms with van der Waals surface area (Å²) in [6, 6.07) is 4.32. The molecule has 0 saturated carbocycles. The second kappa shape index (κ2) is 6.41. The largest absolute Gasteiger partial charge is 0.369 e. The van der Waals surface area contributed by atoms with Gasteiger partial charge in [0.25, 0.3) is 0 Å². The van der Waals surface area contributed by atoms with Crippen LogP contribution in [0.2, 0.25) is 0 Å². The quantitative estimate of drug-likeness (QED) is 0.717. The zero-order chi connectivity index (χ0) is 14.7. The van der Waals surface area contributed by atoms with Crippen LogP contribution in [0, 0.1) is 6.92 Å². The Morgan fingerprint density at radius 3 is 2.90 bits per heavy atom. The minimum Gasteiger partial charge on any atom is -0.369 e. The van der Waals surface area contributed by atoms with Crippen LogP contribution in [0.4, 0.5) is 11.8 Å². The van der Waals surface area contributed by atoms with Crippen molar-refractivity contribution >= 4 is 44.7 Å². The van der Waals surface area contributed by atoms with E-state index in [2.05, 4.69) is 57.3 Å². The molecule has 3 aromatic heterocycles. The maximum absolute atomic E-state index is 4.60. The number of thiophene rings is 2. The van der Waals surface area contributed by atoms with Crippen LogP contribution in [-0.4, -0.2) is 23.1 Å². The Hall–Kier alpha value is -1.66. The summed E-state index contributed by atoms with van der Waals surface area (Å²) in [6.07, 6.45) is 1.01. The fourth-order valence-electron chi connectivity index (χ4n) is 2.17. The summed E-state index contributed by atoms with van der Waals surface area (Å²) in [5.41, 5.74) is 1.37. The highest BCUT2D eigenvalue weighted by molar-refractivity contribution is 7.18. The Balaban J connectivity index is 1.81. The Morgan fingerprint density at radius 1 is 1.24 bits per heavy atom. The Labute approximate surface area is 132 Å². The van der Waals surface area contributed by atoms with E-state index in [1.54, 1.807) is 22.7 Å². The highest BCUT2D eigenvalue weighted by Gasteiger charge is 2.10. The Kier molecular flexibility index (Phi) is 4.36. The van der Waals surface area contributed by atoms with Crippen LogP contribution < -0.4 is 10.6 Å². The summed E-state index contributed by atoms with van der Waals surface area (Å²) < 4.78 is 0. The fourth-order valence-corrected chi connectivity index (χ4v) is 3.76. The van der Waals surface area contributed by atoms with Crippen LogP contribution in [-0.2, 0) is 6.42 Å². The first-order chi connectivity index (χ1) is 10.3. The molecule has 0 amide bonds. The van der Waals surface area contributed by atoms with Gasteiger partial charge in [-0.15, -0.1) is 11.3 Å². The number of nitrogens with zero attached hydrogens (tertiary/aromatic N) is 2. The van der Waals surface area contributed by atoms with Crippen molar-refractivity contribution < 1.29 is 0 Å². The van der Waals surface area contributed by atoms with Gasteiger partial charge in [0.05, 0.1) is 5.39 Å². The number of hydrogen-bond donors (Lipinski definition) is 2. The van der Waals surface area contributed by atoms with Crippen molar-refractivity contribution in [3.63, 3.8) is 0 Å². The third-order valence-corrected chi connectivity index (χ3v) is 4.81. The van der Waals surface area contributed by atoms with Gasteiger partial charge in [-0.3, -0.25) is 0 Å². The van der Waals surface area contributed by atoms with Crippen molar-refractivity contribution in [2.45, 2.75) is 20.3 Å². The third kappa shape index (κ3) is 3.33. The number of aromatic nitrogens is 2. The first kappa shape index (κ1) is 14.3. The number of anilines is 2. The first-order valence-corrected chi connectivity index (χ1v) is 8.79. The number of hydrogen-bond acceptors (Lipinski definition) is 6. The van der Waals surface area contributed by atoms with Crippen molar-refractivity contribution in [2.24, 2.45) is 0 Å². The minimum absolute atomic E-state index is 0.699. The van der Waals surface area contributed by atoms with Gasteiger partial charge in [-0.1, -0.05) is 0 Å². The van der Waals surface area contributed by atoms with E-state index in [9.17, 15) is 0 Å². The maximum atomic E-state index is 4.60. The molecule has 0 spiro atoms. The molecule has 0 aliphatic rings. The van der Waals surface area contributed by atoms with Gasteiger partial charge in [-0.2, -0.15) is 16.3 Å². The lowest BCUT2D eigenvalue weighted by molar-refractivity contribution is 1.01. The molecule has 0 unspecified atom stereocenters. The van der Waals surface area contributed by atoms with E-state index in [1.807, 2.05) is 0 Å². The van der Waals surface area contributed by atoms with E-state index in [4.69, 9.17) is 0 Å². The van der Waals surface area contributed by atoms with Crippen molar-refractivity contribution in [1.29, 1.82) is 0 Å². The van der Waals surface area contributed by atoms with Gasteiger partial charge in [0, 0.05) is 18.0 Å². The SMILES string of the molecule is CCNc1nc(NCCc2ccsc2)c2cc(C)sc2n1. The molecule has 0 saturated heterocycles. The van der Waals surface area contributed by atoms with Crippen LogP contribution in [0.1, 0.15) is 17.4 Å². The Morgan fingerprint density at radius 2 is 2.14 bits per heavy atom. The zero-order valence-electron chi connectivity index (χ0n) is 12.1. The second-order valence-corrected chi connectivity index (χ2v) is 6.83. The molecule has 0 radical (unpaired) electrons. The summed E-state index contributed by atoms with van der Waals surface area (Å²) in [5.74, 6) is 1.63. The summed E-state index contributed by atoms with van der Waals surface area (Å²) >= 11 is 3.45. The van der Waals surface area contributed by atoms with Gasteiger partial charge in [-0.05, 0) is 48.7 Å². The van der Waals surface area contributed by atoms with Crippen LogP contribution in [0.15, 0.2) is 22.9 Å². The van der Waals surface area contributed by atoms with E-state index in [-0.39, 0.29) is 0 Å². The highest BCUT2D eigenvalue weighted by Crippen LogP contribution is 2.29. The third-order valence-electron chi connectivity index (χ3n) is 3.14. The van der Waals surface area contributed by atoms with Crippen LogP contribution >= 0.6 is 22.7 Å². The van der Waals surface area contributed by atoms with Crippen LogP contribution in [0.5, 0.6) is 0 Å². The molecule has 110 valence electrons. The predicted octanol–water partition coefficient (Wildman–Crippen LogP) is 4.15. The number of rotatable bonds is 6. The van der Waals surface area contributed by atoms with Gasteiger partial charge in [0.1, 0.15) is 10.6 Å². The highest BCUT2D eigenvalue weighted by atomic mass is 32.1. The maximum Gasteiger partial charge on any atom is 0.226 e. The normalized spacial score (nSPS) is 11.0. The summed E-state index contributed by atoms with van der Waals surface area (Å²) in [5, 5.41) is 12.1. The van der Waals surface area contributed by atoms with Gasteiger partial charge in [0.2, 0.25) is 5.95 Å². The van der Waals surface area contributed by atoms with E-state index in [0.29, 0.717) is 5.95 Å². The lowest BCUT2D eigenvalue weighted by atomic mass is 10.2. The second-order valence-electron chi connectivity index (χ2n) is 4.81. The molecule has 3 rings (SSSR count). The van der Waals surface area contributed by atoms with Crippen LogP contribution in [0.3, 0.4) is 0 Å². The molecular weight excluding hydrogens is 300 g/mol. The molecule has 0 aliphatic carbocycles. The first-order valence-electron chi connectivity index (χ1n) is 7.03. The van der Waals surface area contributed by atoms with Gasteiger partial charge in [-0.25, -0.2) is 4.98 Å². The number of nitrogens with one attached hydrogen (secondary N) is 2. The molecule has 0 aliphatic heterocycles. The molecule has 0 aromatic carbocycles. The van der Waals surface area contributed by atoms with Gasteiger partial charge in [0.15, 0.2) is 0 Å².